The van der Waals surface area contributed by atoms with E-state index in [0.29, 0.717) is 52.6 Å². The molecule has 0 unspecified atom stereocenters. The van der Waals surface area contributed by atoms with E-state index >= 15 is 0 Å². The lowest BCUT2D eigenvalue weighted by molar-refractivity contribution is -0.192. The number of aliphatic carboxylic acids is 1. The van der Waals surface area contributed by atoms with Crippen LogP contribution in [0.4, 0.5) is 18.9 Å². The number of fused-ring (bicyclic) bond motifs is 1. The first-order valence-electron chi connectivity index (χ1n) is 11.6. The number of alkyl halides is 3. The second-order valence-corrected chi connectivity index (χ2v) is 9.75. The summed E-state index contributed by atoms with van der Waals surface area (Å²) in [4.78, 5) is 44.8. The lowest BCUT2D eigenvalue weighted by Gasteiger charge is -2.27. The SMILES string of the molecule is O=C(O)C(F)(F)F.O=C1N=C(Nc2cc(C(=O)N3CCOCC3)ccc2Cl)SC1=Cc1ccc2ncccc2c1. The van der Waals surface area contributed by atoms with Gasteiger partial charge in [-0.25, -0.2) is 4.79 Å². The lowest BCUT2D eigenvalue weighted by Crippen LogP contribution is -2.40. The fraction of sp³-hybridized carbons (Fsp3) is 0.192. The summed E-state index contributed by atoms with van der Waals surface area (Å²) in [5.74, 6) is -3.17. The van der Waals surface area contributed by atoms with Crippen LogP contribution in [0.1, 0.15) is 15.9 Å². The first-order valence-corrected chi connectivity index (χ1v) is 12.8. The zero-order valence-corrected chi connectivity index (χ0v) is 22.0. The number of morpholine rings is 1. The number of hydrogen-bond acceptors (Lipinski definition) is 7. The van der Waals surface area contributed by atoms with Crippen LogP contribution in [0, 0.1) is 0 Å². The molecule has 0 aliphatic carbocycles. The van der Waals surface area contributed by atoms with Gasteiger partial charge in [0.1, 0.15) is 0 Å². The largest absolute Gasteiger partial charge is 0.490 e. The third-order valence-corrected chi connectivity index (χ3v) is 6.77. The molecule has 1 aromatic heterocycles. The number of amides is 2. The molecule has 1 saturated heterocycles. The number of thioether (sulfide) groups is 1. The minimum atomic E-state index is -5.08. The number of hydrogen-bond donors (Lipinski definition) is 2. The summed E-state index contributed by atoms with van der Waals surface area (Å²) >= 11 is 7.58. The number of ether oxygens (including phenoxy) is 1. The highest BCUT2D eigenvalue weighted by molar-refractivity contribution is 8.18. The number of carboxylic acid groups (broad SMARTS) is 1. The molecule has 9 nitrogen and oxygen atoms in total. The Morgan fingerprint density at radius 3 is 2.55 bits per heavy atom. The summed E-state index contributed by atoms with van der Waals surface area (Å²) in [6.07, 6.45) is -1.53. The van der Waals surface area contributed by atoms with Crippen molar-refractivity contribution >= 4 is 69.0 Å². The third-order valence-electron chi connectivity index (χ3n) is 5.54. The molecule has 2 aliphatic heterocycles. The van der Waals surface area contributed by atoms with Crippen molar-refractivity contribution in [3.63, 3.8) is 0 Å². The van der Waals surface area contributed by atoms with E-state index in [1.807, 2.05) is 30.3 Å². The topological polar surface area (TPSA) is 121 Å². The molecule has 5 rings (SSSR count). The Hall–Kier alpha value is -3.94. The van der Waals surface area contributed by atoms with Crippen molar-refractivity contribution in [2.75, 3.05) is 31.6 Å². The van der Waals surface area contributed by atoms with E-state index in [0.717, 1.165) is 16.5 Å². The smallest absolute Gasteiger partial charge is 0.475 e. The minimum absolute atomic E-state index is 0.0820. The van der Waals surface area contributed by atoms with Crippen LogP contribution in [0.15, 0.2) is 64.6 Å². The Kier molecular flexibility index (Phi) is 9.07. The molecule has 3 aromatic rings. The molecule has 0 bridgehead atoms. The van der Waals surface area contributed by atoms with Gasteiger partial charge in [0.05, 0.1) is 34.3 Å². The normalized spacial score (nSPS) is 16.4. The molecular formula is C26H20ClF3N4O5S. The highest BCUT2D eigenvalue weighted by Crippen LogP contribution is 2.32. The van der Waals surface area contributed by atoms with Gasteiger partial charge < -0.3 is 20.1 Å². The van der Waals surface area contributed by atoms with Crippen molar-refractivity contribution in [2.24, 2.45) is 4.99 Å². The van der Waals surface area contributed by atoms with Gasteiger partial charge in [-0.1, -0.05) is 23.7 Å². The van der Waals surface area contributed by atoms with Crippen LogP contribution in [0.25, 0.3) is 17.0 Å². The summed E-state index contributed by atoms with van der Waals surface area (Å²) in [6.45, 7) is 2.17. The summed E-state index contributed by atoms with van der Waals surface area (Å²) < 4.78 is 37.1. The van der Waals surface area contributed by atoms with Crippen LogP contribution in [0.2, 0.25) is 5.02 Å². The van der Waals surface area contributed by atoms with Gasteiger partial charge in [-0.15, -0.1) is 0 Å². The Morgan fingerprint density at radius 1 is 1.12 bits per heavy atom. The predicted molar refractivity (Wildman–Crippen MR) is 145 cm³/mol. The van der Waals surface area contributed by atoms with Gasteiger partial charge in [-0.2, -0.15) is 18.2 Å². The van der Waals surface area contributed by atoms with Gasteiger partial charge in [0, 0.05) is 30.2 Å². The summed E-state index contributed by atoms with van der Waals surface area (Å²) in [5, 5.41) is 12.1. The van der Waals surface area contributed by atoms with Crippen molar-refractivity contribution in [2.45, 2.75) is 6.18 Å². The molecule has 2 amide bonds. The summed E-state index contributed by atoms with van der Waals surface area (Å²) in [6, 6.07) is 14.7. The van der Waals surface area contributed by atoms with Crippen molar-refractivity contribution in [3.05, 3.63) is 75.8 Å². The van der Waals surface area contributed by atoms with E-state index in [1.165, 1.54) is 11.8 Å². The maximum absolute atomic E-state index is 12.8. The molecule has 0 atom stereocenters. The van der Waals surface area contributed by atoms with E-state index < -0.39 is 12.1 Å². The van der Waals surface area contributed by atoms with Crippen LogP contribution < -0.4 is 5.32 Å². The molecule has 0 saturated carbocycles. The molecule has 2 aromatic carbocycles. The van der Waals surface area contributed by atoms with Crippen LogP contribution in [0.3, 0.4) is 0 Å². The number of carboxylic acids is 1. The molecule has 14 heteroatoms. The van der Waals surface area contributed by atoms with Gasteiger partial charge in [-0.3, -0.25) is 14.6 Å². The van der Waals surface area contributed by atoms with Crippen LogP contribution >= 0.6 is 23.4 Å². The average molecular weight is 593 g/mol. The number of nitrogens with zero attached hydrogens (tertiary/aromatic N) is 3. The van der Waals surface area contributed by atoms with Crippen LogP contribution in [0.5, 0.6) is 0 Å². The number of anilines is 1. The molecule has 3 heterocycles. The number of nitrogens with one attached hydrogen (secondary N) is 1. The number of benzene rings is 2. The molecule has 40 heavy (non-hydrogen) atoms. The Bertz CT molecular complexity index is 1520. The van der Waals surface area contributed by atoms with E-state index in [-0.39, 0.29) is 11.8 Å². The maximum Gasteiger partial charge on any atom is 0.490 e. The lowest BCUT2D eigenvalue weighted by atomic mass is 10.1. The Balaban J connectivity index is 0.000000470. The van der Waals surface area contributed by atoms with E-state index in [9.17, 15) is 22.8 Å². The average Bonchev–Trinajstić information content (AvgIpc) is 3.27. The van der Waals surface area contributed by atoms with Crippen molar-refractivity contribution < 1.29 is 37.4 Å². The standard InChI is InChI=1S/C24H19ClN4O3S.C2HF3O2/c25-18-5-4-17(23(31)29-8-10-32-11-9-29)14-20(18)27-24-28-22(30)21(33-24)13-15-3-6-19-16(12-15)2-1-7-26-19;3-2(4,5)1(6)7/h1-7,12-14H,8-11H2,(H,27,28,30);(H,6,7). The van der Waals surface area contributed by atoms with E-state index in [4.69, 9.17) is 26.2 Å². The van der Waals surface area contributed by atoms with E-state index in [1.54, 1.807) is 35.4 Å². The fourth-order valence-electron chi connectivity index (χ4n) is 3.62. The molecule has 0 radical (unpaired) electrons. The maximum atomic E-state index is 12.8. The number of amidine groups is 1. The predicted octanol–water partition coefficient (Wildman–Crippen LogP) is 5.08. The first-order chi connectivity index (χ1) is 19.0. The minimum Gasteiger partial charge on any atom is -0.475 e. The quantitative estimate of drug-likeness (QED) is 0.404. The molecule has 208 valence electrons. The van der Waals surface area contributed by atoms with Crippen LogP contribution in [-0.4, -0.2) is 70.4 Å². The number of pyridine rings is 1. The second kappa shape index (κ2) is 12.5. The molecule has 2 N–H and O–H groups in total. The molecule has 0 spiro atoms. The molecule has 1 fully saturated rings. The number of aromatic nitrogens is 1. The van der Waals surface area contributed by atoms with Gasteiger partial charge in [0.2, 0.25) is 0 Å². The van der Waals surface area contributed by atoms with Gasteiger partial charge in [0.25, 0.3) is 11.8 Å². The van der Waals surface area contributed by atoms with Gasteiger partial charge >= 0.3 is 12.1 Å². The third kappa shape index (κ3) is 7.37. The summed E-state index contributed by atoms with van der Waals surface area (Å²) in [5.41, 5.74) is 2.82. The molecule has 2 aliphatic rings. The zero-order valence-electron chi connectivity index (χ0n) is 20.4. The van der Waals surface area contributed by atoms with Gasteiger partial charge in [-0.05, 0) is 59.8 Å². The van der Waals surface area contributed by atoms with Gasteiger partial charge in [0.15, 0.2) is 5.17 Å². The number of carbonyl (C=O) groups excluding carboxylic acids is 2. The Morgan fingerprint density at radius 2 is 1.85 bits per heavy atom. The highest BCUT2D eigenvalue weighted by atomic mass is 35.5. The molecular weight excluding hydrogens is 573 g/mol. The fourth-order valence-corrected chi connectivity index (χ4v) is 4.61. The number of carbonyl (C=O) groups is 3. The second-order valence-electron chi connectivity index (χ2n) is 8.32. The first kappa shape index (κ1) is 29.1. The number of halogens is 4. The van der Waals surface area contributed by atoms with Crippen molar-refractivity contribution in [1.29, 1.82) is 0 Å². The van der Waals surface area contributed by atoms with E-state index in [2.05, 4.69) is 15.3 Å². The number of aliphatic imine (C=N–C) groups is 1. The van der Waals surface area contributed by atoms with Crippen molar-refractivity contribution in [1.82, 2.24) is 9.88 Å². The number of rotatable bonds is 3. The highest BCUT2D eigenvalue weighted by Gasteiger charge is 2.38. The van der Waals surface area contributed by atoms with Crippen LogP contribution in [-0.2, 0) is 14.3 Å². The Labute approximate surface area is 234 Å². The monoisotopic (exact) mass is 592 g/mol. The zero-order chi connectivity index (χ0) is 28.9. The summed E-state index contributed by atoms with van der Waals surface area (Å²) in [7, 11) is 0. The van der Waals surface area contributed by atoms with Crippen molar-refractivity contribution in [3.8, 4) is 0 Å².